The second-order valence-corrected chi connectivity index (χ2v) is 10.5. The fourth-order valence-electron chi connectivity index (χ4n) is 4.01. The molecule has 1 aromatic rings. The number of esters is 1. The molecule has 0 fully saturated rings. The molecule has 0 atom stereocenters. The summed E-state index contributed by atoms with van der Waals surface area (Å²) in [5.41, 5.74) is 3.50. The second-order valence-electron chi connectivity index (χ2n) is 10.5. The monoisotopic (exact) mass is 392 g/mol. The number of hydrogen-bond acceptors (Lipinski definition) is 4. The van der Waals surface area contributed by atoms with Gasteiger partial charge >= 0.3 is 5.97 Å². The number of aliphatic hydroxyl groups is 1. The molecule has 1 rings (SSSR count). The van der Waals surface area contributed by atoms with Gasteiger partial charge in [-0.3, -0.25) is 4.79 Å². The zero-order valence-corrected chi connectivity index (χ0v) is 19.4. The van der Waals surface area contributed by atoms with Crippen molar-refractivity contribution in [2.45, 2.75) is 85.5 Å². The van der Waals surface area contributed by atoms with E-state index in [9.17, 15) is 4.79 Å². The number of carbonyl (C=O) groups is 1. The molecule has 0 aliphatic carbocycles. The van der Waals surface area contributed by atoms with Crippen molar-refractivity contribution >= 4 is 5.97 Å². The Balaban J connectivity index is 3.38. The number of carbonyl (C=O) groups excluding carboxylic acids is 1. The number of methoxy groups -OCH3 is 1. The minimum Gasteiger partial charge on any atom is -0.496 e. The van der Waals surface area contributed by atoms with Crippen LogP contribution >= 0.6 is 0 Å². The Kier molecular flexibility index (Phi) is 8.13. The highest BCUT2D eigenvalue weighted by molar-refractivity contribution is 5.69. The molecular formula is C24H40O4. The first-order chi connectivity index (χ1) is 12.7. The summed E-state index contributed by atoms with van der Waals surface area (Å²) >= 11 is 0. The third-order valence-electron chi connectivity index (χ3n) is 4.83. The SMILES string of the molecule is COc1c(C(C)(C)C)cc(CCC(=O)OCCO)cc1C(C)(C)CC(C)(C)C. The van der Waals surface area contributed by atoms with Gasteiger partial charge in [-0.2, -0.15) is 0 Å². The number of hydrogen-bond donors (Lipinski definition) is 1. The number of aryl methyl sites for hydroxylation is 1. The van der Waals surface area contributed by atoms with Gasteiger partial charge in [-0.05, 0) is 34.7 Å². The minimum absolute atomic E-state index is 0.0541. The van der Waals surface area contributed by atoms with E-state index in [2.05, 4.69) is 67.5 Å². The van der Waals surface area contributed by atoms with E-state index in [1.54, 1.807) is 7.11 Å². The lowest BCUT2D eigenvalue weighted by atomic mass is 9.70. The Hall–Kier alpha value is -1.55. The van der Waals surface area contributed by atoms with Crippen LogP contribution in [0.3, 0.4) is 0 Å². The number of rotatable bonds is 8. The maximum atomic E-state index is 11.9. The molecule has 0 aliphatic rings. The molecular weight excluding hydrogens is 352 g/mol. The predicted molar refractivity (Wildman–Crippen MR) is 115 cm³/mol. The molecule has 0 saturated heterocycles. The molecule has 0 spiro atoms. The van der Waals surface area contributed by atoms with Gasteiger partial charge in [0.2, 0.25) is 0 Å². The summed E-state index contributed by atoms with van der Waals surface area (Å²) < 4.78 is 10.9. The molecule has 160 valence electrons. The molecule has 4 heteroatoms. The van der Waals surface area contributed by atoms with Gasteiger partial charge in [0.1, 0.15) is 12.4 Å². The summed E-state index contributed by atoms with van der Waals surface area (Å²) in [6.07, 6.45) is 1.92. The van der Waals surface area contributed by atoms with Crippen LogP contribution in [0.5, 0.6) is 5.75 Å². The van der Waals surface area contributed by atoms with E-state index in [4.69, 9.17) is 14.6 Å². The van der Waals surface area contributed by atoms with Crippen LogP contribution in [0.15, 0.2) is 12.1 Å². The van der Waals surface area contributed by atoms with Crippen LogP contribution in [0, 0.1) is 5.41 Å². The highest BCUT2D eigenvalue weighted by Crippen LogP contribution is 2.45. The van der Waals surface area contributed by atoms with Gasteiger partial charge in [0.15, 0.2) is 0 Å². The maximum Gasteiger partial charge on any atom is 0.306 e. The van der Waals surface area contributed by atoms with Gasteiger partial charge in [0.05, 0.1) is 13.7 Å². The Morgan fingerprint density at radius 1 is 1.00 bits per heavy atom. The largest absolute Gasteiger partial charge is 0.496 e. The van der Waals surface area contributed by atoms with Gasteiger partial charge in [-0.25, -0.2) is 0 Å². The van der Waals surface area contributed by atoms with Crippen molar-refractivity contribution in [2.75, 3.05) is 20.3 Å². The van der Waals surface area contributed by atoms with Crippen molar-refractivity contribution in [1.82, 2.24) is 0 Å². The molecule has 1 aromatic carbocycles. The van der Waals surface area contributed by atoms with Crippen LogP contribution in [0.4, 0.5) is 0 Å². The standard InChI is InChI=1S/C24H40O4/c1-22(2,3)16-24(7,8)19-15-17(10-11-20(26)28-13-12-25)14-18(21(19)27-9)23(4,5)6/h14-15,25H,10-13,16H2,1-9H3. The highest BCUT2D eigenvalue weighted by Gasteiger charge is 2.33. The number of benzene rings is 1. The number of aliphatic hydroxyl groups excluding tert-OH is 1. The van der Waals surface area contributed by atoms with E-state index in [-0.39, 0.29) is 35.4 Å². The van der Waals surface area contributed by atoms with Gasteiger partial charge in [-0.15, -0.1) is 0 Å². The molecule has 0 aliphatic heterocycles. The van der Waals surface area contributed by atoms with E-state index in [1.807, 2.05) is 0 Å². The number of ether oxygens (including phenoxy) is 2. The van der Waals surface area contributed by atoms with Gasteiger partial charge in [0, 0.05) is 17.5 Å². The average molecular weight is 393 g/mol. The third kappa shape index (κ3) is 7.12. The topological polar surface area (TPSA) is 55.8 Å². The minimum atomic E-state index is -0.280. The van der Waals surface area contributed by atoms with Crippen molar-refractivity contribution in [3.05, 3.63) is 28.8 Å². The molecule has 0 heterocycles. The van der Waals surface area contributed by atoms with Crippen molar-refractivity contribution in [2.24, 2.45) is 5.41 Å². The van der Waals surface area contributed by atoms with E-state index in [1.165, 1.54) is 5.56 Å². The van der Waals surface area contributed by atoms with Crippen LogP contribution < -0.4 is 4.74 Å². The lowest BCUT2D eigenvalue weighted by Gasteiger charge is -2.36. The molecule has 0 bridgehead atoms. The summed E-state index contributed by atoms with van der Waals surface area (Å²) in [7, 11) is 1.74. The Morgan fingerprint density at radius 2 is 1.57 bits per heavy atom. The fourth-order valence-corrected chi connectivity index (χ4v) is 4.01. The Bertz CT molecular complexity index is 660. The van der Waals surface area contributed by atoms with E-state index in [0.29, 0.717) is 12.8 Å². The summed E-state index contributed by atoms with van der Waals surface area (Å²) in [5, 5.41) is 8.81. The van der Waals surface area contributed by atoms with Crippen LogP contribution in [0.1, 0.15) is 84.9 Å². The normalized spacial score (nSPS) is 12.8. The van der Waals surface area contributed by atoms with E-state index in [0.717, 1.165) is 23.3 Å². The second kappa shape index (κ2) is 9.30. The van der Waals surface area contributed by atoms with Gasteiger partial charge < -0.3 is 14.6 Å². The molecule has 0 radical (unpaired) electrons. The quantitative estimate of drug-likeness (QED) is 0.620. The lowest BCUT2D eigenvalue weighted by molar-refractivity contribution is -0.144. The smallest absolute Gasteiger partial charge is 0.306 e. The summed E-state index contributed by atoms with van der Waals surface area (Å²) in [6, 6.07) is 4.36. The summed E-state index contributed by atoms with van der Waals surface area (Å²) in [6.45, 7) is 17.8. The molecule has 0 unspecified atom stereocenters. The Morgan fingerprint density at radius 3 is 2.04 bits per heavy atom. The molecule has 0 amide bonds. The molecule has 0 aromatic heterocycles. The van der Waals surface area contributed by atoms with Crippen molar-refractivity contribution in [1.29, 1.82) is 0 Å². The molecule has 4 nitrogen and oxygen atoms in total. The predicted octanol–water partition coefficient (Wildman–Crippen LogP) is 5.17. The first kappa shape index (κ1) is 24.5. The van der Waals surface area contributed by atoms with Gasteiger partial charge in [-0.1, -0.05) is 67.5 Å². The first-order valence-electron chi connectivity index (χ1n) is 10.2. The van der Waals surface area contributed by atoms with Crippen LogP contribution in [-0.2, 0) is 26.8 Å². The molecule has 0 saturated carbocycles. The van der Waals surface area contributed by atoms with E-state index < -0.39 is 0 Å². The van der Waals surface area contributed by atoms with Crippen LogP contribution in [0.25, 0.3) is 0 Å². The van der Waals surface area contributed by atoms with Crippen molar-refractivity contribution in [3.8, 4) is 5.75 Å². The molecule has 1 N–H and O–H groups in total. The zero-order valence-electron chi connectivity index (χ0n) is 19.4. The average Bonchev–Trinajstić information content (AvgIpc) is 2.54. The van der Waals surface area contributed by atoms with Crippen molar-refractivity contribution in [3.63, 3.8) is 0 Å². The summed E-state index contributed by atoms with van der Waals surface area (Å²) in [5.74, 6) is 0.672. The van der Waals surface area contributed by atoms with Crippen molar-refractivity contribution < 1.29 is 19.4 Å². The van der Waals surface area contributed by atoms with Gasteiger partial charge in [0.25, 0.3) is 0 Å². The van der Waals surface area contributed by atoms with Crippen LogP contribution in [-0.4, -0.2) is 31.4 Å². The fraction of sp³-hybridized carbons (Fsp3) is 0.708. The highest BCUT2D eigenvalue weighted by atomic mass is 16.5. The third-order valence-corrected chi connectivity index (χ3v) is 4.83. The zero-order chi connectivity index (χ0) is 21.8. The van der Waals surface area contributed by atoms with Crippen LogP contribution in [0.2, 0.25) is 0 Å². The Labute approximate surface area is 171 Å². The maximum absolute atomic E-state index is 11.9. The molecule has 28 heavy (non-hydrogen) atoms. The summed E-state index contributed by atoms with van der Waals surface area (Å²) in [4.78, 5) is 11.9. The van der Waals surface area contributed by atoms with E-state index >= 15 is 0 Å². The first-order valence-corrected chi connectivity index (χ1v) is 10.2. The lowest BCUT2D eigenvalue weighted by Crippen LogP contribution is -2.27.